The van der Waals surface area contributed by atoms with Crippen molar-refractivity contribution in [3.05, 3.63) is 21.9 Å². The SMILES string of the molecule is CCSCc1ccc(C(C)C)s1. The Hall–Kier alpha value is 0.0500. The molecular formula is C10H16S2. The maximum Gasteiger partial charge on any atom is 0.0278 e. The van der Waals surface area contributed by atoms with Gasteiger partial charge in [0.2, 0.25) is 0 Å². The van der Waals surface area contributed by atoms with Crippen LogP contribution in [0.2, 0.25) is 0 Å². The minimum Gasteiger partial charge on any atom is -0.157 e. The molecule has 0 aliphatic rings. The van der Waals surface area contributed by atoms with Gasteiger partial charge in [0.1, 0.15) is 0 Å². The molecule has 0 amide bonds. The van der Waals surface area contributed by atoms with E-state index in [1.165, 1.54) is 21.3 Å². The summed E-state index contributed by atoms with van der Waals surface area (Å²) in [5.41, 5.74) is 0. The van der Waals surface area contributed by atoms with Crippen molar-refractivity contribution in [2.45, 2.75) is 32.4 Å². The van der Waals surface area contributed by atoms with E-state index in [0.717, 1.165) is 0 Å². The topological polar surface area (TPSA) is 0 Å². The number of thiophene rings is 1. The summed E-state index contributed by atoms with van der Waals surface area (Å²) in [6.45, 7) is 6.72. The van der Waals surface area contributed by atoms with Gasteiger partial charge in [-0.05, 0) is 23.8 Å². The normalized spacial score (nSPS) is 11.0. The van der Waals surface area contributed by atoms with Gasteiger partial charge in [0, 0.05) is 15.5 Å². The van der Waals surface area contributed by atoms with Crippen molar-refractivity contribution in [3.8, 4) is 0 Å². The molecule has 0 saturated carbocycles. The Balaban J connectivity index is 2.52. The summed E-state index contributed by atoms with van der Waals surface area (Å²) in [6, 6.07) is 4.53. The first-order chi connectivity index (χ1) is 5.74. The van der Waals surface area contributed by atoms with Crippen molar-refractivity contribution in [2.24, 2.45) is 0 Å². The van der Waals surface area contributed by atoms with Crippen molar-refractivity contribution >= 4 is 23.1 Å². The van der Waals surface area contributed by atoms with Crippen LogP contribution in [0.15, 0.2) is 12.1 Å². The second kappa shape index (κ2) is 4.93. The molecule has 0 atom stereocenters. The predicted octanol–water partition coefficient (Wildman–Crippen LogP) is 4.12. The van der Waals surface area contributed by atoms with Crippen LogP contribution in [0.5, 0.6) is 0 Å². The van der Waals surface area contributed by atoms with Crippen LogP contribution >= 0.6 is 23.1 Å². The molecular weight excluding hydrogens is 184 g/mol. The molecule has 12 heavy (non-hydrogen) atoms. The lowest BCUT2D eigenvalue weighted by atomic mass is 10.2. The van der Waals surface area contributed by atoms with Gasteiger partial charge in [0.15, 0.2) is 0 Å². The van der Waals surface area contributed by atoms with Crippen LogP contribution in [-0.4, -0.2) is 5.75 Å². The monoisotopic (exact) mass is 200 g/mol. The molecule has 1 rings (SSSR count). The van der Waals surface area contributed by atoms with Crippen LogP contribution in [-0.2, 0) is 5.75 Å². The van der Waals surface area contributed by atoms with E-state index in [0.29, 0.717) is 5.92 Å². The number of hydrogen-bond acceptors (Lipinski definition) is 2. The third kappa shape index (κ3) is 2.83. The molecule has 1 heterocycles. The van der Waals surface area contributed by atoms with E-state index in [1.54, 1.807) is 0 Å². The molecule has 0 saturated heterocycles. The molecule has 0 unspecified atom stereocenters. The van der Waals surface area contributed by atoms with E-state index in [1.807, 2.05) is 23.1 Å². The molecule has 0 aromatic carbocycles. The first-order valence-electron chi connectivity index (χ1n) is 4.40. The Morgan fingerprint density at radius 3 is 2.67 bits per heavy atom. The molecule has 0 bridgehead atoms. The number of thioether (sulfide) groups is 1. The van der Waals surface area contributed by atoms with Crippen molar-refractivity contribution in [1.82, 2.24) is 0 Å². The Bertz CT molecular complexity index is 225. The van der Waals surface area contributed by atoms with Crippen molar-refractivity contribution in [2.75, 3.05) is 5.75 Å². The first-order valence-corrected chi connectivity index (χ1v) is 6.37. The Morgan fingerprint density at radius 1 is 1.42 bits per heavy atom. The highest BCUT2D eigenvalue weighted by atomic mass is 32.2. The third-order valence-corrected chi connectivity index (χ3v) is 4.19. The summed E-state index contributed by atoms with van der Waals surface area (Å²) < 4.78 is 0. The fourth-order valence-corrected chi connectivity index (χ4v) is 2.78. The van der Waals surface area contributed by atoms with Crippen LogP contribution in [0.25, 0.3) is 0 Å². The van der Waals surface area contributed by atoms with Crippen molar-refractivity contribution in [1.29, 1.82) is 0 Å². The van der Waals surface area contributed by atoms with Gasteiger partial charge in [-0.15, -0.1) is 11.3 Å². The highest BCUT2D eigenvalue weighted by molar-refractivity contribution is 7.98. The standard InChI is InChI=1S/C10H16S2/c1-4-11-7-9-5-6-10(12-9)8(2)3/h5-6,8H,4,7H2,1-3H3. The quantitative estimate of drug-likeness (QED) is 0.704. The smallest absolute Gasteiger partial charge is 0.0278 e. The molecule has 0 aliphatic heterocycles. The highest BCUT2D eigenvalue weighted by Crippen LogP contribution is 2.26. The zero-order valence-electron chi connectivity index (χ0n) is 7.96. The zero-order chi connectivity index (χ0) is 8.97. The van der Waals surface area contributed by atoms with E-state index in [4.69, 9.17) is 0 Å². The molecule has 0 fully saturated rings. The molecule has 68 valence electrons. The van der Waals surface area contributed by atoms with Gasteiger partial charge in [-0.1, -0.05) is 20.8 Å². The largest absolute Gasteiger partial charge is 0.157 e. The molecule has 0 radical (unpaired) electrons. The molecule has 0 nitrogen and oxygen atoms in total. The maximum absolute atomic E-state index is 2.27. The minimum absolute atomic E-state index is 0.690. The predicted molar refractivity (Wildman–Crippen MR) is 60.2 cm³/mol. The van der Waals surface area contributed by atoms with E-state index in [2.05, 4.69) is 32.9 Å². The van der Waals surface area contributed by atoms with Crippen LogP contribution < -0.4 is 0 Å². The van der Waals surface area contributed by atoms with Gasteiger partial charge in [-0.3, -0.25) is 0 Å². The molecule has 0 N–H and O–H groups in total. The summed E-state index contributed by atoms with van der Waals surface area (Å²) in [4.78, 5) is 3.03. The molecule has 1 aromatic heterocycles. The summed E-state index contributed by atoms with van der Waals surface area (Å²) in [5, 5.41) is 0. The van der Waals surface area contributed by atoms with Gasteiger partial charge < -0.3 is 0 Å². The lowest BCUT2D eigenvalue weighted by Gasteiger charge is -1.97. The van der Waals surface area contributed by atoms with Gasteiger partial charge >= 0.3 is 0 Å². The van der Waals surface area contributed by atoms with E-state index < -0.39 is 0 Å². The second-order valence-electron chi connectivity index (χ2n) is 3.10. The molecule has 2 heteroatoms. The van der Waals surface area contributed by atoms with Crippen molar-refractivity contribution < 1.29 is 0 Å². The average Bonchev–Trinajstić information content (AvgIpc) is 2.48. The average molecular weight is 200 g/mol. The van der Waals surface area contributed by atoms with Crippen molar-refractivity contribution in [3.63, 3.8) is 0 Å². The first kappa shape index (κ1) is 10.1. The lowest BCUT2D eigenvalue weighted by Crippen LogP contribution is -1.77. The lowest BCUT2D eigenvalue weighted by molar-refractivity contribution is 0.890. The Morgan fingerprint density at radius 2 is 2.17 bits per heavy atom. The second-order valence-corrected chi connectivity index (χ2v) is 5.57. The fourth-order valence-electron chi connectivity index (χ4n) is 0.985. The minimum atomic E-state index is 0.690. The highest BCUT2D eigenvalue weighted by Gasteiger charge is 2.02. The van der Waals surface area contributed by atoms with Crippen LogP contribution in [0.1, 0.15) is 36.4 Å². The van der Waals surface area contributed by atoms with E-state index in [-0.39, 0.29) is 0 Å². The summed E-state index contributed by atoms with van der Waals surface area (Å²) >= 11 is 3.96. The maximum atomic E-state index is 2.27. The van der Waals surface area contributed by atoms with Gasteiger partial charge in [-0.2, -0.15) is 11.8 Å². The molecule has 1 aromatic rings. The van der Waals surface area contributed by atoms with Crippen LogP contribution in [0.3, 0.4) is 0 Å². The van der Waals surface area contributed by atoms with Crippen LogP contribution in [0.4, 0.5) is 0 Å². The number of rotatable bonds is 4. The van der Waals surface area contributed by atoms with E-state index >= 15 is 0 Å². The summed E-state index contributed by atoms with van der Waals surface area (Å²) in [6.07, 6.45) is 0. The molecule has 0 spiro atoms. The Labute approximate surface area is 83.4 Å². The molecule has 0 aliphatic carbocycles. The van der Waals surface area contributed by atoms with E-state index in [9.17, 15) is 0 Å². The third-order valence-electron chi connectivity index (χ3n) is 1.70. The Kier molecular flexibility index (Phi) is 4.16. The van der Waals surface area contributed by atoms with Crippen LogP contribution in [0, 0.1) is 0 Å². The van der Waals surface area contributed by atoms with Gasteiger partial charge in [0.05, 0.1) is 0 Å². The zero-order valence-corrected chi connectivity index (χ0v) is 9.60. The summed E-state index contributed by atoms with van der Waals surface area (Å²) in [7, 11) is 0. The van der Waals surface area contributed by atoms with Gasteiger partial charge in [-0.25, -0.2) is 0 Å². The van der Waals surface area contributed by atoms with Gasteiger partial charge in [0.25, 0.3) is 0 Å². The fraction of sp³-hybridized carbons (Fsp3) is 0.600. The summed E-state index contributed by atoms with van der Waals surface area (Å²) in [5.74, 6) is 3.10. The number of hydrogen-bond donors (Lipinski definition) is 0.